The predicted molar refractivity (Wildman–Crippen MR) is 69.4 cm³/mol. The monoisotopic (exact) mass is 289 g/mol. The lowest BCUT2D eigenvalue weighted by molar-refractivity contribution is 0.291. The van der Waals surface area contributed by atoms with Gasteiger partial charge < -0.3 is 10.4 Å². The quantitative estimate of drug-likeness (QED) is 0.717. The minimum atomic E-state index is -3.64. The van der Waals surface area contributed by atoms with E-state index in [4.69, 9.17) is 16.7 Å². The Bertz CT molecular complexity index is 586. The van der Waals surface area contributed by atoms with Crippen LogP contribution >= 0.6 is 11.6 Å². The molecule has 1 aromatic rings. The van der Waals surface area contributed by atoms with Crippen LogP contribution in [0.4, 0.5) is 5.69 Å². The molecule has 0 aromatic heterocycles. The van der Waals surface area contributed by atoms with Crippen LogP contribution in [0.5, 0.6) is 0 Å². The lowest BCUT2D eigenvalue weighted by Crippen LogP contribution is -2.40. The highest BCUT2D eigenvalue weighted by molar-refractivity contribution is 7.90. The molecule has 6 nitrogen and oxygen atoms in total. The molecule has 0 radical (unpaired) electrons. The van der Waals surface area contributed by atoms with E-state index < -0.39 is 10.0 Å². The van der Waals surface area contributed by atoms with Crippen molar-refractivity contribution in [3.8, 4) is 0 Å². The summed E-state index contributed by atoms with van der Waals surface area (Å²) in [7, 11) is -3.64. The van der Waals surface area contributed by atoms with Crippen LogP contribution in [-0.4, -0.2) is 32.6 Å². The van der Waals surface area contributed by atoms with E-state index in [1.54, 1.807) is 12.1 Å². The Morgan fingerprint density at radius 2 is 2.17 bits per heavy atom. The number of benzene rings is 1. The first kappa shape index (κ1) is 13.1. The topological polar surface area (TPSA) is 90.8 Å². The first-order chi connectivity index (χ1) is 8.53. The third-order valence-corrected chi connectivity index (χ3v) is 3.92. The van der Waals surface area contributed by atoms with Crippen LogP contribution in [-0.2, 0) is 10.0 Å². The Morgan fingerprint density at radius 1 is 1.39 bits per heavy atom. The number of nitrogens with one attached hydrogen (secondary N) is 2. The van der Waals surface area contributed by atoms with Gasteiger partial charge >= 0.3 is 0 Å². The van der Waals surface area contributed by atoms with Gasteiger partial charge in [-0.3, -0.25) is 4.99 Å². The van der Waals surface area contributed by atoms with Crippen LogP contribution in [0.15, 0.2) is 28.1 Å². The van der Waals surface area contributed by atoms with Gasteiger partial charge in [-0.2, -0.15) is 0 Å². The fourth-order valence-corrected chi connectivity index (χ4v) is 2.90. The second kappa shape index (κ2) is 5.13. The number of halogens is 1. The number of anilines is 1. The number of guanidine groups is 1. The van der Waals surface area contributed by atoms with Crippen molar-refractivity contribution >= 4 is 33.3 Å². The molecule has 1 aliphatic rings. The predicted octanol–water partition coefficient (Wildman–Crippen LogP) is 0.782. The van der Waals surface area contributed by atoms with Crippen LogP contribution in [0.25, 0.3) is 0 Å². The minimum Gasteiger partial charge on any atom is -0.396 e. The van der Waals surface area contributed by atoms with Crippen molar-refractivity contribution in [1.82, 2.24) is 4.72 Å². The lowest BCUT2D eigenvalue weighted by Gasteiger charge is -2.21. The standard InChI is InChI=1S/C10H12ClN3O3S/c11-7-2-3-8-9(6-7)18(16,17)14-10(13-8)12-4-1-5-15/h2-3,6,15H,1,4-5H2,(H2,12,13,14). The smallest absolute Gasteiger partial charge is 0.266 e. The average Bonchev–Trinajstić information content (AvgIpc) is 2.30. The molecule has 0 aliphatic carbocycles. The van der Waals surface area contributed by atoms with Crippen LogP contribution < -0.4 is 10.0 Å². The number of nitrogens with zero attached hydrogens (tertiary/aromatic N) is 1. The van der Waals surface area contributed by atoms with Gasteiger partial charge in [0.15, 0.2) is 0 Å². The Labute approximate surface area is 110 Å². The second-order valence-electron chi connectivity index (χ2n) is 3.68. The fraction of sp³-hybridized carbons (Fsp3) is 0.300. The zero-order chi connectivity index (χ0) is 13.2. The van der Waals surface area contributed by atoms with E-state index in [-0.39, 0.29) is 17.5 Å². The molecule has 1 heterocycles. The van der Waals surface area contributed by atoms with Crippen molar-refractivity contribution in [2.75, 3.05) is 18.5 Å². The summed E-state index contributed by atoms with van der Waals surface area (Å²) >= 11 is 5.76. The number of hydrogen-bond donors (Lipinski definition) is 3. The molecule has 98 valence electrons. The van der Waals surface area contributed by atoms with Gasteiger partial charge in [0.1, 0.15) is 4.90 Å². The first-order valence-electron chi connectivity index (χ1n) is 5.27. The molecule has 0 spiro atoms. The maximum Gasteiger partial charge on any atom is 0.266 e. The van der Waals surface area contributed by atoms with Gasteiger partial charge in [-0.1, -0.05) is 11.6 Å². The third-order valence-electron chi connectivity index (χ3n) is 2.30. The zero-order valence-corrected chi connectivity index (χ0v) is 10.9. The molecule has 0 unspecified atom stereocenters. The minimum absolute atomic E-state index is 0.00965. The Morgan fingerprint density at radius 3 is 2.89 bits per heavy atom. The molecule has 18 heavy (non-hydrogen) atoms. The molecule has 0 atom stereocenters. The van der Waals surface area contributed by atoms with E-state index >= 15 is 0 Å². The van der Waals surface area contributed by atoms with Gasteiger partial charge in [-0.05, 0) is 24.6 Å². The largest absolute Gasteiger partial charge is 0.396 e. The molecule has 0 saturated carbocycles. The Kier molecular flexibility index (Phi) is 3.74. The van der Waals surface area contributed by atoms with Gasteiger partial charge in [0.2, 0.25) is 5.96 Å². The molecule has 1 aliphatic heterocycles. The number of aliphatic imine (C=N–C) groups is 1. The van der Waals surface area contributed by atoms with Gasteiger partial charge in [0, 0.05) is 18.2 Å². The van der Waals surface area contributed by atoms with Gasteiger partial charge in [0.05, 0.1) is 5.69 Å². The lowest BCUT2D eigenvalue weighted by atomic mass is 10.3. The summed E-state index contributed by atoms with van der Waals surface area (Å²) in [5.41, 5.74) is 0.431. The Hall–Kier alpha value is -1.31. The van der Waals surface area contributed by atoms with Crippen LogP contribution in [0.3, 0.4) is 0 Å². The van der Waals surface area contributed by atoms with Gasteiger partial charge in [0.25, 0.3) is 10.0 Å². The molecule has 0 bridgehead atoms. The summed E-state index contributed by atoms with van der Waals surface area (Å²) in [6.45, 7) is 0.347. The first-order valence-corrected chi connectivity index (χ1v) is 7.14. The molecule has 3 N–H and O–H groups in total. The second-order valence-corrected chi connectivity index (χ2v) is 5.77. The highest BCUT2D eigenvalue weighted by atomic mass is 35.5. The molecular weight excluding hydrogens is 278 g/mol. The summed E-state index contributed by atoms with van der Waals surface area (Å²) in [5.74, 6) is 0.151. The van der Waals surface area contributed by atoms with Crippen LogP contribution in [0.2, 0.25) is 5.02 Å². The number of hydrogen-bond acceptors (Lipinski definition) is 4. The summed E-state index contributed by atoms with van der Waals surface area (Å²) in [5, 5.41) is 11.9. The van der Waals surface area contributed by atoms with Crippen molar-refractivity contribution in [3.63, 3.8) is 0 Å². The average molecular weight is 290 g/mol. The van der Waals surface area contributed by atoms with E-state index in [0.717, 1.165) is 0 Å². The summed E-state index contributed by atoms with van der Waals surface area (Å²) in [4.78, 5) is 4.11. The van der Waals surface area contributed by atoms with Gasteiger partial charge in [-0.15, -0.1) is 0 Å². The summed E-state index contributed by atoms with van der Waals surface area (Å²) in [6.07, 6.45) is 0.473. The number of fused-ring (bicyclic) bond motifs is 1. The number of sulfonamides is 1. The highest BCUT2D eigenvalue weighted by Gasteiger charge is 2.26. The van der Waals surface area contributed by atoms with Crippen LogP contribution in [0, 0.1) is 0 Å². The maximum atomic E-state index is 11.9. The van der Waals surface area contributed by atoms with E-state index in [0.29, 0.717) is 23.7 Å². The molecule has 1 aromatic carbocycles. The van der Waals surface area contributed by atoms with E-state index in [9.17, 15) is 8.42 Å². The Balaban J connectivity index is 2.33. The SMILES string of the molecule is O=S1(=O)NC(=NCCCO)Nc2ccc(Cl)cc21. The molecule has 2 rings (SSSR count). The number of aliphatic hydroxyl groups excluding tert-OH is 1. The van der Waals surface area contributed by atoms with Crippen LogP contribution in [0.1, 0.15) is 6.42 Å². The van der Waals surface area contributed by atoms with Crippen molar-refractivity contribution in [2.24, 2.45) is 4.99 Å². The van der Waals surface area contributed by atoms with E-state index in [2.05, 4.69) is 15.0 Å². The van der Waals surface area contributed by atoms with E-state index in [1.807, 2.05) is 0 Å². The molecular formula is C10H12ClN3O3S. The van der Waals surface area contributed by atoms with Crippen molar-refractivity contribution in [1.29, 1.82) is 0 Å². The molecule has 0 amide bonds. The third kappa shape index (κ3) is 2.74. The van der Waals surface area contributed by atoms with Crippen molar-refractivity contribution in [2.45, 2.75) is 11.3 Å². The zero-order valence-electron chi connectivity index (χ0n) is 9.35. The van der Waals surface area contributed by atoms with Crippen molar-refractivity contribution < 1.29 is 13.5 Å². The molecule has 0 fully saturated rings. The maximum absolute atomic E-state index is 11.9. The van der Waals surface area contributed by atoms with E-state index in [1.165, 1.54) is 6.07 Å². The number of rotatable bonds is 3. The summed E-state index contributed by atoms with van der Waals surface area (Å²) < 4.78 is 26.2. The normalized spacial score (nSPS) is 18.9. The highest BCUT2D eigenvalue weighted by Crippen LogP contribution is 2.27. The summed E-state index contributed by atoms with van der Waals surface area (Å²) in [6, 6.07) is 4.55. The molecule has 0 saturated heterocycles. The van der Waals surface area contributed by atoms with Gasteiger partial charge in [-0.25, -0.2) is 13.1 Å². The molecule has 8 heteroatoms. The number of aliphatic hydroxyl groups is 1. The fourth-order valence-electron chi connectivity index (χ4n) is 1.49. The van der Waals surface area contributed by atoms with Crippen molar-refractivity contribution in [3.05, 3.63) is 23.2 Å².